The molecule has 21 heavy (non-hydrogen) atoms. The normalized spacial score (nSPS) is 18.1. The molecular formula is C19H32N2. The first-order valence-corrected chi connectivity index (χ1v) is 8.62. The van der Waals surface area contributed by atoms with Crippen LogP contribution >= 0.6 is 0 Å². The number of rotatable bonds is 6. The van der Waals surface area contributed by atoms with E-state index < -0.39 is 0 Å². The van der Waals surface area contributed by atoms with Crippen molar-refractivity contribution in [1.29, 1.82) is 0 Å². The fraction of sp³-hybridized carbons (Fsp3) is 0.684. The molecule has 2 N–H and O–H groups in total. The van der Waals surface area contributed by atoms with E-state index in [9.17, 15) is 0 Å². The highest BCUT2D eigenvalue weighted by molar-refractivity contribution is 5.30. The van der Waals surface area contributed by atoms with Crippen LogP contribution in [-0.4, -0.2) is 23.5 Å². The highest BCUT2D eigenvalue weighted by atomic mass is 15.2. The predicted octanol–water partition coefficient (Wildman–Crippen LogP) is 4.18. The van der Waals surface area contributed by atoms with E-state index in [1.807, 2.05) is 0 Å². The Morgan fingerprint density at radius 2 is 1.81 bits per heavy atom. The van der Waals surface area contributed by atoms with E-state index >= 15 is 0 Å². The molecule has 118 valence electrons. The van der Waals surface area contributed by atoms with E-state index in [2.05, 4.69) is 43.9 Å². The Morgan fingerprint density at radius 3 is 2.38 bits per heavy atom. The Balaban J connectivity index is 2.18. The van der Waals surface area contributed by atoms with E-state index in [0.717, 1.165) is 19.6 Å². The van der Waals surface area contributed by atoms with Crippen molar-refractivity contribution in [3.05, 3.63) is 34.9 Å². The van der Waals surface area contributed by atoms with E-state index in [1.54, 1.807) is 0 Å². The number of aryl methyl sites for hydroxylation is 2. The van der Waals surface area contributed by atoms with Gasteiger partial charge < -0.3 is 5.73 Å². The lowest BCUT2D eigenvalue weighted by molar-refractivity contribution is 0.0495. The van der Waals surface area contributed by atoms with Crippen molar-refractivity contribution in [3.63, 3.8) is 0 Å². The quantitative estimate of drug-likeness (QED) is 0.851. The lowest BCUT2D eigenvalue weighted by Gasteiger charge is -2.46. The average molecular weight is 288 g/mol. The molecular weight excluding hydrogens is 256 g/mol. The van der Waals surface area contributed by atoms with Gasteiger partial charge in [0.1, 0.15) is 0 Å². The Hall–Kier alpha value is -0.860. The second kappa shape index (κ2) is 7.42. The number of hydrogen-bond donors (Lipinski definition) is 1. The summed E-state index contributed by atoms with van der Waals surface area (Å²) in [5.74, 6) is 0. The Bertz CT molecular complexity index is 447. The summed E-state index contributed by atoms with van der Waals surface area (Å²) in [6, 6.07) is 6.90. The van der Waals surface area contributed by atoms with Crippen LogP contribution in [0.5, 0.6) is 0 Å². The third-order valence-electron chi connectivity index (χ3n) is 5.27. The van der Waals surface area contributed by atoms with Gasteiger partial charge in [-0.25, -0.2) is 0 Å². The molecule has 1 saturated carbocycles. The molecule has 0 amide bonds. The number of nitrogens with two attached hydrogens (primary N) is 1. The molecule has 0 aromatic heterocycles. The fourth-order valence-electron chi connectivity index (χ4n) is 3.74. The Labute approximate surface area is 130 Å². The maximum Gasteiger partial charge on any atom is 0.0335 e. The minimum atomic E-state index is 0.243. The van der Waals surface area contributed by atoms with Crippen LogP contribution in [0, 0.1) is 13.8 Å². The lowest BCUT2D eigenvalue weighted by Crippen LogP contribution is -2.54. The van der Waals surface area contributed by atoms with Crippen molar-refractivity contribution in [2.45, 2.75) is 71.4 Å². The largest absolute Gasteiger partial charge is 0.329 e. The van der Waals surface area contributed by atoms with Crippen LogP contribution in [-0.2, 0) is 6.54 Å². The molecule has 2 rings (SSSR count). The molecule has 1 aliphatic carbocycles. The second-order valence-electron chi connectivity index (χ2n) is 6.83. The molecule has 0 bridgehead atoms. The molecule has 0 radical (unpaired) electrons. The van der Waals surface area contributed by atoms with Gasteiger partial charge in [-0.15, -0.1) is 0 Å². The zero-order chi connectivity index (χ0) is 15.3. The topological polar surface area (TPSA) is 29.3 Å². The fourth-order valence-corrected chi connectivity index (χ4v) is 3.74. The zero-order valence-corrected chi connectivity index (χ0v) is 14.1. The zero-order valence-electron chi connectivity index (χ0n) is 14.1. The van der Waals surface area contributed by atoms with E-state index in [-0.39, 0.29) is 5.54 Å². The van der Waals surface area contributed by atoms with Gasteiger partial charge in [0.2, 0.25) is 0 Å². The van der Waals surface area contributed by atoms with Crippen LogP contribution in [0.25, 0.3) is 0 Å². The van der Waals surface area contributed by atoms with Gasteiger partial charge in [0.05, 0.1) is 0 Å². The molecule has 0 spiro atoms. The molecule has 0 saturated heterocycles. The Kier molecular flexibility index (Phi) is 5.83. The maximum absolute atomic E-state index is 6.24. The molecule has 2 nitrogen and oxygen atoms in total. The van der Waals surface area contributed by atoms with E-state index in [0.29, 0.717) is 0 Å². The Morgan fingerprint density at radius 1 is 1.10 bits per heavy atom. The standard InChI is InChI=1S/C19H32N2/c1-4-12-21(19(15-20)10-6-5-7-11-19)14-18-9-8-16(2)17(3)13-18/h8-9,13H,4-7,10-12,14-15,20H2,1-3H3. The number of hydrogen-bond acceptors (Lipinski definition) is 2. The van der Waals surface area contributed by atoms with Crippen molar-refractivity contribution in [1.82, 2.24) is 4.90 Å². The molecule has 1 aliphatic rings. The average Bonchev–Trinajstić information content (AvgIpc) is 2.51. The first-order valence-electron chi connectivity index (χ1n) is 8.62. The van der Waals surface area contributed by atoms with Crippen molar-refractivity contribution in [2.75, 3.05) is 13.1 Å². The summed E-state index contributed by atoms with van der Waals surface area (Å²) in [5, 5.41) is 0. The van der Waals surface area contributed by atoms with E-state index in [4.69, 9.17) is 5.73 Å². The summed E-state index contributed by atoms with van der Waals surface area (Å²) in [7, 11) is 0. The van der Waals surface area contributed by atoms with Crippen LogP contribution < -0.4 is 5.73 Å². The summed E-state index contributed by atoms with van der Waals surface area (Å²) in [4.78, 5) is 2.68. The minimum absolute atomic E-state index is 0.243. The van der Waals surface area contributed by atoms with Gasteiger partial charge in [-0.1, -0.05) is 44.4 Å². The van der Waals surface area contributed by atoms with Gasteiger partial charge in [-0.3, -0.25) is 4.90 Å². The summed E-state index contributed by atoms with van der Waals surface area (Å²) < 4.78 is 0. The predicted molar refractivity (Wildman–Crippen MR) is 91.5 cm³/mol. The molecule has 1 aromatic carbocycles. The monoisotopic (exact) mass is 288 g/mol. The number of nitrogens with zero attached hydrogens (tertiary/aromatic N) is 1. The van der Waals surface area contributed by atoms with E-state index in [1.165, 1.54) is 55.2 Å². The summed E-state index contributed by atoms with van der Waals surface area (Å²) in [6.45, 7) is 9.68. The molecule has 2 heteroatoms. The molecule has 0 heterocycles. The van der Waals surface area contributed by atoms with Crippen molar-refractivity contribution in [2.24, 2.45) is 5.73 Å². The molecule has 0 aliphatic heterocycles. The number of benzene rings is 1. The van der Waals surface area contributed by atoms with Crippen LogP contribution in [0.3, 0.4) is 0 Å². The smallest absolute Gasteiger partial charge is 0.0335 e. The molecule has 0 unspecified atom stereocenters. The highest BCUT2D eigenvalue weighted by Crippen LogP contribution is 2.34. The summed E-state index contributed by atoms with van der Waals surface area (Å²) in [6.07, 6.45) is 7.80. The second-order valence-corrected chi connectivity index (χ2v) is 6.83. The van der Waals surface area contributed by atoms with Gasteiger partial charge in [0.25, 0.3) is 0 Å². The van der Waals surface area contributed by atoms with Crippen molar-refractivity contribution in [3.8, 4) is 0 Å². The van der Waals surface area contributed by atoms with Gasteiger partial charge >= 0.3 is 0 Å². The van der Waals surface area contributed by atoms with Gasteiger partial charge in [0.15, 0.2) is 0 Å². The molecule has 1 aromatic rings. The molecule has 1 fully saturated rings. The summed E-state index contributed by atoms with van der Waals surface area (Å²) >= 11 is 0. The van der Waals surface area contributed by atoms with Crippen LogP contribution in [0.4, 0.5) is 0 Å². The maximum atomic E-state index is 6.24. The van der Waals surface area contributed by atoms with Crippen LogP contribution in [0.15, 0.2) is 18.2 Å². The van der Waals surface area contributed by atoms with Gasteiger partial charge in [0, 0.05) is 18.6 Å². The third kappa shape index (κ3) is 3.87. The van der Waals surface area contributed by atoms with Crippen molar-refractivity contribution < 1.29 is 0 Å². The first kappa shape index (κ1) is 16.5. The van der Waals surface area contributed by atoms with Crippen LogP contribution in [0.2, 0.25) is 0 Å². The third-order valence-corrected chi connectivity index (χ3v) is 5.27. The SMILES string of the molecule is CCCN(Cc1ccc(C)c(C)c1)C1(CN)CCCCC1. The molecule has 0 atom stereocenters. The lowest BCUT2D eigenvalue weighted by atomic mass is 9.80. The van der Waals surface area contributed by atoms with Gasteiger partial charge in [-0.2, -0.15) is 0 Å². The highest BCUT2D eigenvalue weighted by Gasteiger charge is 2.36. The van der Waals surface area contributed by atoms with Gasteiger partial charge in [-0.05, 0) is 56.3 Å². The summed E-state index contributed by atoms with van der Waals surface area (Å²) in [5.41, 5.74) is 10.7. The first-order chi connectivity index (χ1) is 10.1. The van der Waals surface area contributed by atoms with Crippen molar-refractivity contribution >= 4 is 0 Å². The van der Waals surface area contributed by atoms with Crippen LogP contribution in [0.1, 0.15) is 62.1 Å². The minimum Gasteiger partial charge on any atom is -0.329 e.